The van der Waals surface area contributed by atoms with Crippen LogP contribution in [0.3, 0.4) is 0 Å². The highest BCUT2D eigenvalue weighted by Crippen LogP contribution is 2.38. The zero-order chi connectivity index (χ0) is 25.5. The number of halogens is 1. The van der Waals surface area contributed by atoms with Crippen molar-refractivity contribution in [2.24, 2.45) is 10.9 Å². The Kier molecular flexibility index (Phi) is 9.30. The number of hydrogen-bond acceptors (Lipinski definition) is 3. The van der Waals surface area contributed by atoms with Crippen LogP contribution in [0.15, 0.2) is 89.9 Å². The molecule has 1 fully saturated rings. The smallest absolute Gasteiger partial charge is 0.136 e. The summed E-state index contributed by atoms with van der Waals surface area (Å²) in [5.74, 6) is 0.364. The maximum Gasteiger partial charge on any atom is 0.136 e. The normalized spacial score (nSPS) is 17.2. The van der Waals surface area contributed by atoms with Crippen LogP contribution in [0, 0.1) is 5.92 Å². The molecule has 3 atom stereocenters. The van der Waals surface area contributed by atoms with Gasteiger partial charge in [0.1, 0.15) is 4.75 Å². The molecule has 0 bridgehead atoms. The van der Waals surface area contributed by atoms with Crippen LogP contribution in [-0.4, -0.2) is 21.1 Å². The molecular weight excluding hydrogens is 484 g/mol. The van der Waals surface area contributed by atoms with Crippen LogP contribution in [0.2, 0.25) is 5.02 Å². The van der Waals surface area contributed by atoms with Gasteiger partial charge in [-0.2, -0.15) is 0 Å². The Balaban J connectivity index is 1.89. The van der Waals surface area contributed by atoms with Crippen molar-refractivity contribution >= 4 is 28.7 Å². The summed E-state index contributed by atoms with van der Waals surface area (Å²) >= 11 is 5.59. The van der Waals surface area contributed by atoms with E-state index in [4.69, 9.17) is 16.6 Å². The molecule has 0 aliphatic heterocycles. The van der Waals surface area contributed by atoms with Crippen LogP contribution in [0.5, 0.6) is 0 Å². The van der Waals surface area contributed by atoms with Crippen molar-refractivity contribution in [3.63, 3.8) is 0 Å². The van der Waals surface area contributed by atoms with Gasteiger partial charge < -0.3 is 4.55 Å². The maximum atomic E-state index is 13.5. The molecule has 1 aliphatic carbocycles. The van der Waals surface area contributed by atoms with Crippen molar-refractivity contribution in [3.05, 3.63) is 107 Å². The molecule has 1 saturated carbocycles. The molecule has 1 N–H and O–H groups in total. The van der Waals surface area contributed by atoms with Gasteiger partial charge in [0.15, 0.2) is 0 Å². The molecule has 3 aromatic rings. The molecule has 2 unspecified atom stereocenters. The molecule has 4 rings (SSSR count). The molecule has 0 amide bonds. The van der Waals surface area contributed by atoms with E-state index in [1.54, 1.807) is 0 Å². The Morgan fingerprint density at radius 3 is 1.92 bits per heavy atom. The zero-order valence-electron chi connectivity index (χ0n) is 21.5. The first-order valence-electron chi connectivity index (χ1n) is 13.0. The number of aliphatic imine (C=N–C) groups is 1. The number of nitrogens with one attached hydrogen (secondary N) is 1. The second-order valence-corrected chi connectivity index (χ2v) is 13.0. The number of hydrogen-bond donors (Lipinski definition) is 1. The first-order chi connectivity index (χ1) is 17.3. The molecule has 0 saturated heterocycles. The summed E-state index contributed by atoms with van der Waals surface area (Å²) in [6.07, 6.45) is 5.83. The van der Waals surface area contributed by atoms with Crippen LogP contribution >= 0.6 is 11.6 Å². The van der Waals surface area contributed by atoms with Gasteiger partial charge in [-0.15, -0.1) is 4.72 Å². The third-order valence-electron chi connectivity index (χ3n) is 6.88. The highest BCUT2D eigenvalue weighted by molar-refractivity contribution is 7.90. The first kappa shape index (κ1) is 26.9. The summed E-state index contributed by atoms with van der Waals surface area (Å²) in [6, 6.07) is 28.2. The standard InChI is InChI=1S/C31H37ClN2OS/c1-31(2,3)36(35)34-29(25-19-11-6-12-20-25)30(26-21-13-14-22-27(26)32)33-28(23-15-7-4-8-16-23)24-17-9-5-10-18-24/h4-5,7-10,13-18,21-22,25,29-30,34H,6,11-12,19-20H2,1-3H3/t29?,30?,36-/m1/s1. The van der Waals surface area contributed by atoms with Gasteiger partial charge in [-0.3, -0.25) is 4.99 Å². The van der Waals surface area contributed by atoms with Crippen LogP contribution in [0.1, 0.15) is 75.6 Å². The van der Waals surface area contributed by atoms with E-state index in [9.17, 15) is 4.55 Å². The summed E-state index contributed by atoms with van der Waals surface area (Å²) in [6.45, 7) is 6.05. The van der Waals surface area contributed by atoms with E-state index < -0.39 is 11.4 Å². The Labute approximate surface area is 224 Å². The van der Waals surface area contributed by atoms with Gasteiger partial charge in [-0.05, 0) is 51.2 Å². The molecule has 3 aromatic carbocycles. The quantitative estimate of drug-likeness (QED) is 0.242. The molecule has 0 radical (unpaired) electrons. The first-order valence-corrected chi connectivity index (χ1v) is 14.5. The van der Waals surface area contributed by atoms with E-state index in [0.29, 0.717) is 10.9 Å². The van der Waals surface area contributed by atoms with Gasteiger partial charge >= 0.3 is 0 Å². The lowest BCUT2D eigenvalue weighted by Gasteiger charge is -2.37. The lowest BCUT2D eigenvalue weighted by Crippen LogP contribution is -2.50. The average Bonchev–Trinajstić information content (AvgIpc) is 2.90. The molecule has 3 nitrogen and oxygen atoms in total. The van der Waals surface area contributed by atoms with Crippen molar-refractivity contribution in [3.8, 4) is 0 Å². The predicted octanol–water partition coefficient (Wildman–Crippen LogP) is 7.92. The van der Waals surface area contributed by atoms with E-state index in [0.717, 1.165) is 35.2 Å². The maximum absolute atomic E-state index is 13.5. The summed E-state index contributed by atoms with van der Waals surface area (Å²) in [5.41, 5.74) is 4.00. The fourth-order valence-corrected chi connectivity index (χ4v) is 6.09. The van der Waals surface area contributed by atoms with Gasteiger partial charge in [0.25, 0.3) is 0 Å². The summed E-state index contributed by atoms with van der Waals surface area (Å²) in [5, 5.41) is 0.691. The minimum atomic E-state index is -1.24. The van der Waals surface area contributed by atoms with Crippen molar-refractivity contribution in [1.82, 2.24) is 4.72 Å². The fourth-order valence-electron chi connectivity index (χ4n) is 4.92. The second-order valence-electron chi connectivity index (χ2n) is 10.6. The topological polar surface area (TPSA) is 47.4 Å². The summed E-state index contributed by atoms with van der Waals surface area (Å²) in [4.78, 5) is 5.49. The Hall–Kier alpha value is -2.11. The van der Waals surface area contributed by atoms with Crippen LogP contribution in [0.4, 0.5) is 0 Å². The Morgan fingerprint density at radius 2 is 1.39 bits per heavy atom. The Bertz CT molecular complexity index is 1080. The van der Waals surface area contributed by atoms with Gasteiger partial charge in [0.05, 0.1) is 17.8 Å². The SMILES string of the molecule is CC(C)(C)[S@@+]([O-])NC(C1CCCCC1)C(N=C(c1ccccc1)c1ccccc1)c1ccccc1Cl. The van der Waals surface area contributed by atoms with Gasteiger partial charge in [-0.25, -0.2) is 0 Å². The lowest BCUT2D eigenvalue weighted by molar-refractivity contribution is 0.263. The highest BCUT2D eigenvalue weighted by Gasteiger charge is 2.39. The molecular formula is C31H37ClN2OS. The van der Waals surface area contributed by atoms with Gasteiger partial charge in [0.2, 0.25) is 0 Å². The van der Waals surface area contributed by atoms with Crippen molar-refractivity contribution in [2.75, 3.05) is 0 Å². The van der Waals surface area contributed by atoms with Gasteiger partial charge in [0, 0.05) is 27.5 Å². The second kappa shape index (κ2) is 12.4. The fraction of sp³-hybridized carbons (Fsp3) is 0.387. The van der Waals surface area contributed by atoms with E-state index in [-0.39, 0.29) is 16.8 Å². The molecule has 0 spiro atoms. The lowest BCUT2D eigenvalue weighted by atomic mass is 9.80. The van der Waals surface area contributed by atoms with Crippen LogP contribution in [-0.2, 0) is 11.4 Å². The molecule has 190 valence electrons. The molecule has 1 aliphatic rings. The van der Waals surface area contributed by atoms with Gasteiger partial charge in [-0.1, -0.05) is 110 Å². The minimum absolute atomic E-state index is 0.104. The number of benzene rings is 3. The third-order valence-corrected chi connectivity index (χ3v) is 8.83. The van der Waals surface area contributed by atoms with Crippen LogP contribution in [0.25, 0.3) is 0 Å². The largest absolute Gasteiger partial charge is 0.598 e. The monoisotopic (exact) mass is 520 g/mol. The van der Waals surface area contributed by atoms with Crippen molar-refractivity contribution in [1.29, 1.82) is 0 Å². The predicted molar refractivity (Wildman–Crippen MR) is 154 cm³/mol. The van der Waals surface area contributed by atoms with E-state index in [2.05, 4.69) is 35.1 Å². The van der Waals surface area contributed by atoms with E-state index in [1.165, 1.54) is 19.3 Å². The zero-order valence-corrected chi connectivity index (χ0v) is 23.1. The van der Waals surface area contributed by atoms with E-state index >= 15 is 0 Å². The highest BCUT2D eigenvalue weighted by atomic mass is 35.5. The summed E-state index contributed by atoms with van der Waals surface area (Å²) < 4.78 is 16.7. The van der Waals surface area contributed by atoms with Crippen molar-refractivity contribution < 1.29 is 4.55 Å². The van der Waals surface area contributed by atoms with Crippen molar-refractivity contribution in [2.45, 2.75) is 69.7 Å². The third kappa shape index (κ3) is 6.80. The van der Waals surface area contributed by atoms with E-state index in [1.807, 2.05) is 75.4 Å². The van der Waals surface area contributed by atoms with Crippen LogP contribution < -0.4 is 4.72 Å². The number of nitrogens with zero attached hydrogens (tertiary/aromatic N) is 1. The summed E-state index contributed by atoms with van der Waals surface area (Å²) in [7, 11) is 0. The molecule has 0 heterocycles. The number of rotatable bonds is 8. The molecule has 36 heavy (non-hydrogen) atoms. The average molecular weight is 521 g/mol. The molecule has 0 aromatic heterocycles. The Morgan fingerprint density at radius 1 is 0.861 bits per heavy atom. The minimum Gasteiger partial charge on any atom is -0.598 e. The molecule has 5 heteroatoms.